The zero-order valence-electron chi connectivity index (χ0n) is 10.9. The van der Waals surface area contributed by atoms with Crippen LogP contribution in [0, 0.1) is 5.82 Å². The molecule has 1 aromatic carbocycles. The number of hydrogen-bond donors (Lipinski definition) is 1. The van der Waals surface area contributed by atoms with E-state index in [4.69, 9.17) is 21.8 Å². The lowest BCUT2D eigenvalue weighted by atomic mass is 10.2. The van der Waals surface area contributed by atoms with Gasteiger partial charge in [-0.25, -0.2) is 4.39 Å². The SMILES string of the molecule is CN(Cc1c(F)cccc1Cl)C(=O)c1ccc(CN)o1. The van der Waals surface area contributed by atoms with Crippen molar-refractivity contribution in [2.75, 3.05) is 7.05 Å². The first-order chi connectivity index (χ1) is 9.52. The highest BCUT2D eigenvalue weighted by molar-refractivity contribution is 6.31. The van der Waals surface area contributed by atoms with Crippen molar-refractivity contribution in [3.05, 3.63) is 58.3 Å². The molecular formula is C14H14ClFN2O2. The van der Waals surface area contributed by atoms with Crippen molar-refractivity contribution in [3.63, 3.8) is 0 Å². The van der Waals surface area contributed by atoms with E-state index in [9.17, 15) is 9.18 Å². The molecule has 1 aromatic heterocycles. The molecule has 0 aliphatic rings. The molecule has 0 spiro atoms. The summed E-state index contributed by atoms with van der Waals surface area (Å²) in [7, 11) is 1.55. The fourth-order valence-corrected chi connectivity index (χ4v) is 2.01. The zero-order chi connectivity index (χ0) is 14.7. The van der Waals surface area contributed by atoms with Crippen molar-refractivity contribution in [1.29, 1.82) is 0 Å². The maximum absolute atomic E-state index is 13.7. The van der Waals surface area contributed by atoms with E-state index in [2.05, 4.69) is 0 Å². The van der Waals surface area contributed by atoms with E-state index < -0.39 is 5.82 Å². The normalized spacial score (nSPS) is 10.6. The van der Waals surface area contributed by atoms with E-state index in [0.717, 1.165) is 0 Å². The third-order valence-electron chi connectivity index (χ3n) is 2.88. The van der Waals surface area contributed by atoms with Crippen LogP contribution in [0.1, 0.15) is 21.9 Å². The third kappa shape index (κ3) is 3.00. The molecule has 4 nitrogen and oxygen atoms in total. The number of hydrogen-bond acceptors (Lipinski definition) is 3. The second kappa shape index (κ2) is 6.07. The number of nitrogens with zero attached hydrogens (tertiary/aromatic N) is 1. The van der Waals surface area contributed by atoms with Gasteiger partial charge in [-0.05, 0) is 24.3 Å². The molecule has 0 unspecified atom stereocenters. The van der Waals surface area contributed by atoms with Crippen LogP contribution in [0.25, 0.3) is 0 Å². The van der Waals surface area contributed by atoms with Gasteiger partial charge in [0.2, 0.25) is 0 Å². The molecule has 2 aromatic rings. The van der Waals surface area contributed by atoms with Gasteiger partial charge in [-0.2, -0.15) is 0 Å². The van der Waals surface area contributed by atoms with Crippen molar-refractivity contribution in [2.45, 2.75) is 13.1 Å². The van der Waals surface area contributed by atoms with Crippen LogP contribution in [0.15, 0.2) is 34.7 Å². The lowest BCUT2D eigenvalue weighted by molar-refractivity contribution is 0.0750. The van der Waals surface area contributed by atoms with E-state index in [0.29, 0.717) is 5.76 Å². The minimum atomic E-state index is -0.445. The fraction of sp³-hybridized carbons (Fsp3) is 0.214. The first-order valence-electron chi connectivity index (χ1n) is 6.00. The molecule has 0 saturated carbocycles. The minimum Gasteiger partial charge on any atom is -0.455 e. The first-order valence-corrected chi connectivity index (χ1v) is 6.38. The summed E-state index contributed by atoms with van der Waals surface area (Å²) in [5.74, 6) is -0.116. The molecule has 0 saturated heterocycles. The molecule has 2 rings (SSSR count). The Labute approximate surface area is 120 Å². The predicted octanol–water partition coefficient (Wildman–Crippen LogP) is 2.80. The topological polar surface area (TPSA) is 59.5 Å². The number of rotatable bonds is 4. The quantitative estimate of drug-likeness (QED) is 0.944. The summed E-state index contributed by atoms with van der Waals surface area (Å²) in [6.07, 6.45) is 0. The Kier molecular flexibility index (Phi) is 4.42. The minimum absolute atomic E-state index is 0.0585. The summed E-state index contributed by atoms with van der Waals surface area (Å²) < 4.78 is 18.9. The van der Waals surface area contributed by atoms with Crippen molar-refractivity contribution in [1.82, 2.24) is 4.90 Å². The number of carbonyl (C=O) groups excluding carboxylic acids is 1. The Bertz CT molecular complexity index is 607. The largest absolute Gasteiger partial charge is 0.455 e. The molecule has 1 heterocycles. The molecule has 0 fully saturated rings. The second-order valence-corrected chi connectivity index (χ2v) is 4.74. The molecule has 0 atom stereocenters. The van der Waals surface area contributed by atoms with Crippen LogP contribution in [-0.2, 0) is 13.1 Å². The van der Waals surface area contributed by atoms with E-state index >= 15 is 0 Å². The molecule has 20 heavy (non-hydrogen) atoms. The van der Waals surface area contributed by atoms with Gasteiger partial charge >= 0.3 is 0 Å². The second-order valence-electron chi connectivity index (χ2n) is 4.33. The predicted molar refractivity (Wildman–Crippen MR) is 73.8 cm³/mol. The monoisotopic (exact) mass is 296 g/mol. The van der Waals surface area contributed by atoms with Crippen LogP contribution >= 0.6 is 11.6 Å². The van der Waals surface area contributed by atoms with Crippen molar-refractivity contribution in [3.8, 4) is 0 Å². The van der Waals surface area contributed by atoms with Gasteiger partial charge in [-0.3, -0.25) is 4.79 Å². The maximum atomic E-state index is 13.7. The first kappa shape index (κ1) is 14.6. The van der Waals surface area contributed by atoms with E-state index in [1.165, 1.54) is 17.0 Å². The van der Waals surface area contributed by atoms with E-state index in [1.807, 2.05) is 0 Å². The summed E-state index contributed by atoms with van der Waals surface area (Å²) in [5.41, 5.74) is 5.69. The van der Waals surface area contributed by atoms with Crippen molar-refractivity contribution < 1.29 is 13.6 Å². The molecule has 106 valence electrons. The lowest BCUT2D eigenvalue weighted by Gasteiger charge is -2.17. The Morgan fingerprint density at radius 3 is 2.75 bits per heavy atom. The smallest absolute Gasteiger partial charge is 0.289 e. The number of amides is 1. The number of benzene rings is 1. The number of furan rings is 1. The average molecular weight is 297 g/mol. The molecule has 1 amide bonds. The van der Waals surface area contributed by atoms with Crippen molar-refractivity contribution in [2.24, 2.45) is 5.73 Å². The molecular weight excluding hydrogens is 283 g/mol. The average Bonchev–Trinajstić information content (AvgIpc) is 2.90. The van der Waals surface area contributed by atoms with Crippen molar-refractivity contribution >= 4 is 17.5 Å². The summed E-state index contributed by atoms with van der Waals surface area (Å²) in [4.78, 5) is 13.5. The molecule has 2 N–H and O–H groups in total. The highest BCUT2D eigenvalue weighted by Crippen LogP contribution is 2.21. The molecule has 0 aliphatic carbocycles. The Hall–Kier alpha value is -1.85. The van der Waals surface area contributed by atoms with Gasteiger partial charge in [-0.15, -0.1) is 0 Å². The van der Waals surface area contributed by atoms with E-state index in [1.54, 1.807) is 25.2 Å². The summed E-state index contributed by atoms with van der Waals surface area (Å²) in [6, 6.07) is 7.58. The fourth-order valence-electron chi connectivity index (χ4n) is 1.78. The zero-order valence-corrected chi connectivity index (χ0v) is 11.7. The third-order valence-corrected chi connectivity index (χ3v) is 3.23. The Morgan fingerprint density at radius 1 is 1.40 bits per heavy atom. The van der Waals surface area contributed by atoms with Gasteiger partial charge < -0.3 is 15.1 Å². The van der Waals surface area contributed by atoms with Gasteiger partial charge in [-0.1, -0.05) is 17.7 Å². The van der Waals surface area contributed by atoms with Gasteiger partial charge in [0.1, 0.15) is 11.6 Å². The summed E-state index contributed by atoms with van der Waals surface area (Å²) >= 11 is 5.93. The van der Waals surface area contributed by atoms with Crippen LogP contribution < -0.4 is 5.73 Å². The van der Waals surface area contributed by atoms with E-state index in [-0.39, 0.29) is 35.3 Å². The van der Waals surface area contributed by atoms with Gasteiger partial charge in [0.25, 0.3) is 5.91 Å². The van der Waals surface area contributed by atoms with Crippen LogP contribution in [0.4, 0.5) is 4.39 Å². The number of nitrogens with two attached hydrogens (primary N) is 1. The maximum Gasteiger partial charge on any atom is 0.289 e. The van der Waals surface area contributed by atoms with Gasteiger partial charge in [0, 0.05) is 17.6 Å². The van der Waals surface area contributed by atoms with Crippen LogP contribution in [-0.4, -0.2) is 17.9 Å². The molecule has 0 radical (unpaired) electrons. The summed E-state index contributed by atoms with van der Waals surface area (Å²) in [6.45, 7) is 0.277. The molecule has 0 aliphatic heterocycles. The van der Waals surface area contributed by atoms with Gasteiger partial charge in [0.15, 0.2) is 5.76 Å². The van der Waals surface area contributed by atoms with Crippen LogP contribution in [0.2, 0.25) is 5.02 Å². The van der Waals surface area contributed by atoms with Crippen LogP contribution in [0.3, 0.4) is 0 Å². The number of halogens is 2. The Balaban J connectivity index is 2.15. The Morgan fingerprint density at radius 2 is 2.15 bits per heavy atom. The molecule has 0 bridgehead atoms. The highest BCUT2D eigenvalue weighted by Gasteiger charge is 2.18. The standard InChI is InChI=1S/C14H14ClFN2O2/c1-18(8-10-11(15)3-2-4-12(10)16)14(19)13-6-5-9(7-17)20-13/h2-6H,7-8,17H2,1H3. The highest BCUT2D eigenvalue weighted by atomic mass is 35.5. The number of carbonyl (C=O) groups is 1. The lowest BCUT2D eigenvalue weighted by Crippen LogP contribution is -2.26. The van der Waals surface area contributed by atoms with Gasteiger partial charge in [0.05, 0.1) is 13.1 Å². The summed E-state index contributed by atoms with van der Waals surface area (Å²) in [5, 5.41) is 0.284. The molecule has 6 heteroatoms. The van der Waals surface area contributed by atoms with Crippen LogP contribution in [0.5, 0.6) is 0 Å².